The number of rotatable bonds is 0. The molecule has 0 saturated heterocycles. The zero-order valence-electron chi connectivity index (χ0n) is 13.4. The highest BCUT2D eigenvalue weighted by atomic mass is 15.2. The second-order valence-corrected chi connectivity index (χ2v) is 7.44. The van der Waals surface area contributed by atoms with Crippen molar-refractivity contribution < 1.29 is 4.57 Å². The van der Waals surface area contributed by atoms with Crippen molar-refractivity contribution in [2.45, 2.75) is 38.1 Å². The molecule has 1 heteroatoms. The molecule has 22 heavy (non-hydrogen) atoms. The van der Waals surface area contributed by atoms with Crippen LogP contribution in [0.4, 0.5) is 0 Å². The van der Waals surface area contributed by atoms with E-state index >= 15 is 0 Å². The average molecular weight is 286 g/mol. The Balaban J connectivity index is 1.98. The van der Waals surface area contributed by atoms with Crippen molar-refractivity contribution >= 4 is 10.9 Å². The number of hydrogen-bond donors (Lipinski definition) is 0. The lowest BCUT2D eigenvalue weighted by Gasteiger charge is -2.26. The molecular formula is C21H20N+. The number of hydrogen-bond acceptors (Lipinski definition) is 0. The van der Waals surface area contributed by atoms with Crippen molar-refractivity contribution in [2.75, 3.05) is 0 Å². The van der Waals surface area contributed by atoms with Gasteiger partial charge in [0.2, 0.25) is 11.2 Å². The topological polar surface area (TPSA) is 3.88 Å². The highest BCUT2D eigenvalue weighted by Crippen LogP contribution is 2.64. The molecular weight excluding hydrogens is 266 g/mol. The van der Waals surface area contributed by atoms with Crippen molar-refractivity contribution in [3.8, 4) is 11.3 Å². The number of aryl methyl sites for hydroxylation is 1. The van der Waals surface area contributed by atoms with E-state index in [0.717, 1.165) is 0 Å². The van der Waals surface area contributed by atoms with Crippen molar-refractivity contribution in [3.05, 3.63) is 65.7 Å². The molecule has 0 N–H and O–H groups in total. The maximum absolute atomic E-state index is 2.60. The molecule has 1 saturated carbocycles. The third kappa shape index (κ3) is 1.24. The van der Waals surface area contributed by atoms with Crippen LogP contribution in [0.2, 0.25) is 0 Å². The van der Waals surface area contributed by atoms with Gasteiger partial charge >= 0.3 is 0 Å². The van der Waals surface area contributed by atoms with E-state index in [1.807, 2.05) is 0 Å². The van der Waals surface area contributed by atoms with Crippen LogP contribution < -0.4 is 4.57 Å². The second-order valence-electron chi connectivity index (χ2n) is 7.44. The molecule has 1 aliphatic carbocycles. The van der Waals surface area contributed by atoms with Crippen LogP contribution in [0.15, 0.2) is 54.6 Å². The summed E-state index contributed by atoms with van der Waals surface area (Å²) >= 11 is 0. The fourth-order valence-corrected chi connectivity index (χ4v) is 4.65. The van der Waals surface area contributed by atoms with E-state index < -0.39 is 0 Å². The van der Waals surface area contributed by atoms with E-state index in [-0.39, 0.29) is 11.0 Å². The molecule has 2 aromatic carbocycles. The minimum atomic E-state index is 0.200. The number of nitrogens with zero attached hydrogens (tertiary/aromatic N) is 1. The molecule has 108 valence electrons. The quantitative estimate of drug-likeness (QED) is 0.536. The summed E-state index contributed by atoms with van der Waals surface area (Å²) in [6, 6.07) is 20.3. The Kier molecular flexibility index (Phi) is 2.03. The summed E-state index contributed by atoms with van der Waals surface area (Å²) in [7, 11) is 0. The zero-order valence-corrected chi connectivity index (χ0v) is 13.4. The third-order valence-electron chi connectivity index (χ3n) is 6.14. The van der Waals surface area contributed by atoms with Crippen LogP contribution in [0.1, 0.15) is 31.4 Å². The first kappa shape index (κ1) is 12.4. The van der Waals surface area contributed by atoms with Gasteiger partial charge in [0.1, 0.15) is 0 Å². The lowest BCUT2D eigenvalue weighted by Crippen LogP contribution is -2.53. The van der Waals surface area contributed by atoms with Gasteiger partial charge in [-0.3, -0.25) is 0 Å². The molecule has 1 aromatic heterocycles. The van der Waals surface area contributed by atoms with Gasteiger partial charge in [-0.2, -0.15) is 4.57 Å². The summed E-state index contributed by atoms with van der Waals surface area (Å²) in [6.07, 6.45) is 1.22. The fourth-order valence-electron chi connectivity index (χ4n) is 4.65. The highest BCUT2D eigenvalue weighted by Gasteiger charge is 2.73. The second kappa shape index (κ2) is 3.60. The minimum Gasteiger partial charge on any atom is -0.185 e. The summed E-state index contributed by atoms with van der Waals surface area (Å²) in [6.45, 7) is 7.04. The molecule has 2 aliphatic rings. The van der Waals surface area contributed by atoms with E-state index in [1.54, 1.807) is 0 Å². The third-order valence-corrected chi connectivity index (χ3v) is 6.14. The normalized spacial score (nSPS) is 28.0. The van der Waals surface area contributed by atoms with E-state index in [9.17, 15) is 0 Å². The predicted octanol–water partition coefficient (Wildman–Crippen LogP) is 4.49. The van der Waals surface area contributed by atoms with Gasteiger partial charge in [-0.05, 0) is 37.6 Å². The van der Waals surface area contributed by atoms with Gasteiger partial charge in [0.25, 0.3) is 0 Å². The van der Waals surface area contributed by atoms with E-state index in [1.165, 1.54) is 39.7 Å². The minimum absolute atomic E-state index is 0.200. The Labute approximate surface area is 131 Å². The SMILES string of the molecule is Cc1ccc2c(c1)-c1ccc3ccccc3[n+]1C1(C)CC21C. The maximum atomic E-state index is 2.60. The molecule has 1 fully saturated rings. The number of aromatic nitrogens is 1. The fraction of sp³-hybridized carbons (Fsp3) is 0.286. The van der Waals surface area contributed by atoms with Crippen LogP contribution in [0.25, 0.3) is 22.2 Å². The lowest BCUT2D eigenvalue weighted by molar-refractivity contribution is -0.707. The van der Waals surface area contributed by atoms with Crippen LogP contribution in [-0.4, -0.2) is 0 Å². The van der Waals surface area contributed by atoms with Gasteiger partial charge in [0.05, 0.1) is 11.0 Å². The Hall–Kier alpha value is -2.15. The molecule has 3 aromatic rings. The molecule has 1 aliphatic heterocycles. The first-order valence-electron chi connectivity index (χ1n) is 8.10. The number of fused-ring (bicyclic) bond motifs is 8. The Morgan fingerprint density at radius 2 is 1.77 bits per heavy atom. The van der Waals surface area contributed by atoms with Crippen molar-refractivity contribution in [1.29, 1.82) is 0 Å². The van der Waals surface area contributed by atoms with Gasteiger partial charge in [-0.15, -0.1) is 0 Å². The van der Waals surface area contributed by atoms with Gasteiger partial charge in [0.15, 0.2) is 5.54 Å². The molecule has 1 nitrogen and oxygen atoms in total. The summed E-state index contributed by atoms with van der Waals surface area (Å²) in [5.74, 6) is 0. The first-order chi connectivity index (χ1) is 10.5. The Bertz CT molecular complexity index is 955. The van der Waals surface area contributed by atoms with Gasteiger partial charge < -0.3 is 0 Å². The standard InChI is InChI=1S/C21H20N/c1-14-8-10-17-16(12-14)19-11-9-15-6-4-5-7-18(15)22(19)21(3)13-20(17,21)2/h4-12H,13H2,1-3H3/q+1. The Morgan fingerprint density at radius 1 is 0.955 bits per heavy atom. The van der Waals surface area contributed by atoms with Crippen molar-refractivity contribution in [3.63, 3.8) is 0 Å². The van der Waals surface area contributed by atoms with Crippen LogP contribution >= 0.6 is 0 Å². The summed E-state index contributed by atoms with van der Waals surface area (Å²) in [5, 5.41) is 1.33. The van der Waals surface area contributed by atoms with Gasteiger partial charge in [-0.25, -0.2) is 0 Å². The number of pyridine rings is 1. The zero-order chi connectivity index (χ0) is 15.1. The first-order valence-corrected chi connectivity index (χ1v) is 8.10. The summed E-state index contributed by atoms with van der Waals surface area (Å²) in [5.41, 5.74) is 7.47. The van der Waals surface area contributed by atoms with Crippen LogP contribution in [0.5, 0.6) is 0 Å². The van der Waals surface area contributed by atoms with E-state index in [2.05, 4.69) is 79.9 Å². The largest absolute Gasteiger partial charge is 0.213 e. The molecule has 2 unspecified atom stereocenters. The van der Waals surface area contributed by atoms with Crippen LogP contribution in [0, 0.1) is 6.92 Å². The van der Waals surface area contributed by atoms with E-state index in [0.29, 0.717) is 0 Å². The predicted molar refractivity (Wildman–Crippen MR) is 89.9 cm³/mol. The smallest absolute Gasteiger partial charge is 0.185 e. The summed E-state index contributed by atoms with van der Waals surface area (Å²) < 4.78 is 2.60. The van der Waals surface area contributed by atoms with Gasteiger partial charge in [-0.1, -0.05) is 29.8 Å². The van der Waals surface area contributed by atoms with Crippen LogP contribution in [0.3, 0.4) is 0 Å². The molecule has 2 atom stereocenters. The van der Waals surface area contributed by atoms with Crippen molar-refractivity contribution in [1.82, 2.24) is 0 Å². The Morgan fingerprint density at radius 3 is 2.64 bits per heavy atom. The molecule has 0 bridgehead atoms. The number of para-hydroxylation sites is 1. The molecule has 5 rings (SSSR count). The van der Waals surface area contributed by atoms with E-state index in [4.69, 9.17) is 0 Å². The molecule has 0 radical (unpaired) electrons. The van der Waals surface area contributed by atoms with Crippen molar-refractivity contribution in [2.24, 2.45) is 0 Å². The maximum Gasteiger partial charge on any atom is 0.213 e. The summed E-state index contributed by atoms with van der Waals surface area (Å²) in [4.78, 5) is 0. The molecule has 0 spiro atoms. The van der Waals surface area contributed by atoms with Gasteiger partial charge in [0, 0.05) is 30.9 Å². The lowest BCUT2D eigenvalue weighted by atomic mass is 9.83. The molecule has 2 heterocycles. The number of benzene rings is 2. The molecule has 0 amide bonds. The average Bonchev–Trinajstić information content (AvgIpc) is 3.10. The monoisotopic (exact) mass is 286 g/mol. The van der Waals surface area contributed by atoms with Crippen LogP contribution in [-0.2, 0) is 11.0 Å². The highest BCUT2D eigenvalue weighted by molar-refractivity contribution is 5.79.